The molecule has 5 nitrogen and oxygen atoms in total. The third-order valence-electron chi connectivity index (χ3n) is 3.58. The molecule has 20 heavy (non-hydrogen) atoms. The second kappa shape index (κ2) is 6.52. The van der Waals surface area contributed by atoms with Crippen LogP contribution in [0.2, 0.25) is 0 Å². The number of benzene rings is 1. The van der Waals surface area contributed by atoms with Gasteiger partial charge in [-0.25, -0.2) is 4.79 Å². The van der Waals surface area contributed by atoms with Crippen LogP contribution in [0.1, 0.15) is 24.0 Å². The van der Waals surface area contributed by atoms with Crippen molar-refractivity contribution in [3.8, 4) is 0 Å². The van der Waals surface area contributed by atoms with Crippen LogP contribution in [0.15, 0.2) is 18.2 Å². The number of likely N-dealkylation sites (tertiary alicyclic amines) is 1. The Labute approximate surface area is 119 Å². The van der Waals surface area contributed by atoms with E-state index in [2.05, 4.69) is 15.5 Å². The molecule has 0 aromatic heterocycles. The van der Waals surface area contributed by atoms with Crippen LogP contribution < -0.4 is 10.6 Å². The van der Waals surface area contributed by atoms with Crippen LogP contribution in [-0.4, -0.2) is 36.5 Å². The predicted molar refractivity (Wildman–Crippen MR) is 78.8 cm³/mol. The molecule has 0 atom stereocenters. The molecule has 0 saturated carbocycles. The summed E-state index contributed by atoms with van der Waals surface area (Å²) in [5, 5.41) is 5.04. The van der Waals surface area contributed by atoms with Gasteiger partial charge in [-0.1, -0.05) is 6.07 Å². The summed E-state index contributed by atoms with van der Waals surface area (Å²) in [6, 6.07) is 5.18. The molecule has 2 rings (SSSR count). The van der Waals surface area contributed by atoms with Crippen molar-refractivity contribution in [2.45, 2.75) is 26.7 Å². The molecule has 1 aromatic rings. The highest BCUT2D eigenvalue weighted by Gasteiger charge is 2.16. The number of imide groups is 1. The zero-order chi connectivity index (χ0) is 14.5. The average molecular weight is 275 g/mol. The Bertz CT molecular complexity index is 508. The van der Waals surface area contributed by atoms with Crippen LogP contribution in [0.5, 0.6) is 0 Å². The first-order chi connectivity index (χ1) is 9.54. The summed E-state index contributed by atoms with van der Waals surface area (Å²) in [4.78, 5) is 25.5. The standard InChI is InChI=1S/C15H21N3O2/c1-11-5-6-13(9-12(11)2)16-15(20)17-14(19)10-18-7-3-4-8-18/h5-6,9H,3-4,7-8,10H2,1-2H3,(H2,16,17,19,20). The number of hydrogen-bond donors (Lipinski definition) is 2. The maximum Gasteiger partial charge on any atom is 0.325 e. The van der Waals surface area contributed by atoms with E-state index in [1.807, 2.05) is 32.0 Å². The minimum absolute atomic E-state index is 0.256. The van der Waals surface area contributed by atoms with Crippen LogP contribution in [0.4, 0.5) is 10.5 Å². The molecule has 1 aromatic carbocycles. The van der Waals surface area contributed by atoms with E-state index in [-0.39, 0.29) is 5.91 Å². The molecule has 2 N–H and O–H groups in total. The van der Waals surface area contributed by atoms with Gasteiger partial charge in [0.2, 0.25) is 5.91 Å². The Morgan fingerprint density at radius 2 is 1.85 bits per heavy atom. The summed E-state index contributed by atoms with van der Waals surface area (Å²) >= 11 is 0. The lowest BCUT2D eigenvalue weighted by atomic mass is 10.1. The van der Waals surface area contributed by atoms with E-state index in [1.54, 1.807) is 0 Å². The lowest BCUT2D eigenvalue weighted by Crippen LogP contribution is -2.41. The molecule has 0 radical (unpaired) electrons. The summed E-state index contributed by atoms with van der Waals surface area (Å²) < 4.78 is 0. The Morgan fingerprint density at radius 1 is 1.15 bits per heavy atom. The number of aryl methyl sites for hydroxylation is 2. The van der Waals surface area contributed by atoms with Crippen molar-refractivity contribution in [1.29, 1.82) is 0 Å². The van der Waals surface area contributed by atoms with E-state index in [1.165, 1.54) is 5.56 Å². The number of carbonyl (C=O) groups excluding carboxylic acids is 2. The van der Waals surface area contributed by atoms with E-state index in [0.29, 0.717) is 12.2 Å². The van der Waals surface area contributed by atoms with Gasteiger partial charge >= 0.3 is 6.03 Å². The molecule has 0 spiro atoms. The number of amides is 3. The first-order valence-corrected chi connectivity index (χ1v) is 6.95. The smallest absolute Gasteiger partial charge is 0.308 e. The van der Waals surface area contributed by atoms with E-state index < -0.39 is 6.03 Å². The zero-order valence-corrected chi connectivity index (χ0v) is 12.0. The van der Waals surface area contributed by atoms with Gasteiger partial charge in [0.15, 0.2) is 0 Å². The Kier molecular flexibility index (Phi) is 4.74. The van der Waals surface area contributed by atoms with Gasteiger partial charge in [-0.15, -0.1) is 0 Å². The number of hydrogen-bond acceptors (Lipinski definition) is 3. The number of urea groups is 1. The molecule has 108 valence electrons. The molecule has 0 bridgehead atoms. The molecule has 1 saturated heterocycles. The minimum Gasteiger partial charge on any atom is -0.308 e. The molecule has 0 aliphatic carbocycles. The van der Waals surface area contributed by atoms with Crippen molar-refractivity contribution in [1.82, 2.24) is 10.2 Å². The maximum atomic E-state index is 11.7. The topological polar surface area (TPSA) is 61.4 Å². The second-order valence-corrected chi connectivity index (χ2v) is 5.28. The van der Waals surface area contributed by atoms with Crippen LogP contribution >= 0.6 is 0 Å². The highest BCUT2D eigenvalue weighted by Crippen LogP contribution is 2.13. The molecule has 1 aliphatic heterocycles. The van der Waals surface area contributed by atoms with Gasteiger partial charge in [0.25, 0.3) is 0 Å². The minimum atomic E-state index is -0.475. The zero-order valence-electron chi connectivity index (χ0n) is 12.0. The van der Waals surface area contributed by atoms with Crippen LogP contribution in [-0.2, 0) is 4.79 Å². The van der Waals surface area contributed by atoms with E-state index in [4.69, 9.17) is 0 Å². The molecule has 1 heterocycles. The Hall–Kier alpha value is -1.88. The van der Waals surface area contributed by atoms with Crippen molar-refractivity contribution in [2.24, 2.45) is 0 Å². The van der Waals surface area contributed by atoms with Gasteiger partial charge < -0.3 is 5.32 Å². The summed E-state index contributed by atoms with van der Waals surface area (Å²) in [7, 11) is 0. The Balaban J connectivity index is 1.82. The van der Waals surface area contributed by atoms with Crippen molar-refractivity contribution in [3.63, 3.8) is 0 Å². The van der Waals surface area contributed by atoms with Crippen LogP contribution in [0, 0.1) is 13.8 Å². The molecule has 1 aliphatic rings. The maximum absolute atomic E-state index is 11.7. The molecule has 3 amide bonds. The van der Waals surface area contributed by atoms with Crippen molar-refractivity contribution in [2.75, 3.05) is 25.0 Å². The molecule has 5 heteroatoms. The molecular weight excluding hydrogens is 254 g/mol. The number of anilines is 1. The third-order valence-corrected chi connectivity index (χ3v) is 3.58. The van der Waals surface area contributed by atoms with Crippen LogP contribution in [0.25, 0.3) is 0 Å². The second-order valence-electron chi connectivity index (χ2n) is 5.28. The normalized spacial score (nSPS) is 15.1. The van der Waals surface area contributed by atoms with Crippen molar-refractivity contribution >= 4 is 17.6 Å². The van der Waals surface area contributed by atoms with Crippen molar-refractivity contribution < 1.29 is 9.59 Å². The first-order valence-electron chi connectivity index (χ1n) is 6.95. The van der Waals surface area contributed by atoms with Crippen LogP contribution in [0.3, 0.4) is 0 Å². The third kappa shape index (κ3) is 4.06. The van der Waals surface area contributed by atoms with Gasteiger partial charge in [0.1, 0.15) is 0 Å². The first kappa shape index (κ1) is 14.5. The average Bonchev–Trinajstić information content (AvgIpc) is 2.86. The van der Waals surface area contributed by atoms with Crippen molar-refractivity contribution in [3.05, 3.63) is 29.3 Å². The van der Waals surface area contributed by atoms with E-state index in [0.717, 1.165) is 31.5 Å². The monoisotopic (exact) mass is 275 g/mol. The highest BCUT2D eigenvalue weighted by molar-refractivity contribution is 6.01. The summed E-state index contributed by atoms with van der Waals surface area (Å²) in [5.74, 6) is -0.256. The van der Waals surface area contributed by atoms with Gasteiger partial charge in [-0.05, 0) is 63.0 Å². The largest absolute Gasteiger partial charge is 0.325 e. The lowest BCUT2D eigenvalue weighted by molar-refractivity contribution is -0.120. The predicted octanol–water partition coefficient (Wildman–Crippen LogP) is 2.05. The SMILES string of the molecule is Cc1ccc(NC(=O)NC(=O)CN2CCCC2)cc1C. The van der Waals surface area contributed by atoms with Gasteiger partial charge in [0, 0.05) is 5.69 Å². The molecule has 0 unspecified atom stereocenters. The fourth-order valence-corrected chi connectivity index (χ4v) is 2.29. The van der Waals surface area contributed by atoms with E-state index >= 15 is 0 Å². The quantitative estimate of drug-likeness (QED) is 0.887. The Morgan fingerprint density at radius 3 is 2.50 bits per heavy atom. The van der Waals surface area contributed by atoms with Gasteiger partial charge in [-0.2, -0.15) is 0 Å². The number of nitrogens with one attached hydrogen (secondary N) is 2. The number of rotatable bonds is 3. The number of nitrogens with zero attached hydrogens (tertiary/aromatic N) is 1. The fourth-order valence-electron chi connectivity index (χ4n) is 2.29. The van der Waals surface area contributed by atoms with Gasteiger partial charge in [-0.3, -0.25) is 15.0 Å². The van der Waals surface area contributed by atoms with E-state index in [9.17, 15) is 9.59 Å². The molecule has 1 fully saturated rings. The lowest BCUT2D eigenvalue weighted by Gasteiger charge is -2.14. The summed E-state index contributed by atoms with van der Waals surface area (Å²) in [6.07, 6.45) is 2.25. The van der Waals surface area contributed by atoms with Gasteiger partial charge in [0.05, 0.1) is 6.54 Å². The summed E-state index contributed by atoms with van der Waals surface area (Å²) in [5.41, 5.74) is 2.96. The number of carbonyl (C=O) groups is 2. The molecular formula is C15H21N3O2. The summed E-state index contributed by atoms with van der Waals surface area (Å²) in [6.45, 7) is 6.16. The highest BCUT2D eigenvalue weighted by atomic mass is 16.2. The fraction of sp³-hybridized carbons (Fsp3) is 0.467.